The molecule has 0 heterocycles. The van der Waals surface area contributed by atoms with Crippen LogP contribution in [0.25, 0.3) is 0 Å². The van der Waals surface area contributed by atoms with E-state index in [0.29, 0.717) is 53.5 Å². The van der Waals surface area contributed by atoms with Gasteiger partial charge in [0.15, 0.2) is 0 Å². The van der Waals surface area contributed by atoms with Crippen LogP contribution in [0.15, 0.2) is 70.9 Å². The van der Waals surface area contributed by atoms with Crippen molar-refractivity contribution in [3.05, 3.63) is 70.9 Å². The lowest BCUT2D eigenvalue weighted by molar-refractivity contribution is 0.353. The molecule has 2 aliphatic carbocycles. The maximum atomic E-state index is 3.95. The molecule has 2 aliphatic rings. The Balaban J connectivity index is 1.98. The number of allylic oxidation sites excluding steroid dienone is 10. The largest absolute Gasteiger partial charge is 0.310 e. The minimum Gasteiger partial charge on any atom is -0.310 e. The van der Waals surface area contributed by atoms with Crippen molar-refractivity contribution in [3.8, 4) is 0 Å². The first kappa shape index (κ1) is 34.6. The second-order valence-electron chi connectivity index (χ2n) is 14.4. The highest BCUT2D eigenvalue weighted by Gasteiger charge is 2.23. The van der Waals surface area contributed by atoms with Gasteiger partial charge in [0, 0.05) is 12.1 Å². The Hall–Kier alpha value is -1.64. The molecule has 2 heteroatoms. The minimum absolute atomic E-state index is 0.427. The van der Waals surface area contributed by atoms with E-state index in [1.165, 1.54) is 35.1 Å². The molecule has 0 fully saturated rings. The predicted molar refractivity (Wildman–Crippen MR) is 180 cm³/mol. The van der Waals surface area contributed by atoms with Crippen molar-refractivity contribution in [1.29, 1.82) is 0 Å². The van der Waals surface area contributed by atoms with Gasteiger partial charge >= 0.3 is 0 Å². The zero-order valence-corrected chi connectivity index (χ0v) is 28.1. The third kappa shape index (κ3) is 12.9. The number of nitrogens with one attached hydrogen (secondary N) is 2. The third-order valence-electron chi connectivity index (χ3n) is 8.63. The molecule has 0 aromatic rings. The first-order valence-electron chi connectivity index (χ1n) is 16.4. The second-order valence-corrected chi connectivity index (χ2v) is 14.4. The van der Waals surface area contributed by atoms with Crippen LogP contribution in [0, 0.1) is 41.4 Å². The van der Waals surface area contributed by atoms with E-state index in [-0.39, 0.29) is 0 Å². The van der Waals surface area contributed by atoms with Gasteiger partial charge in [0.05, 0.1) is 0 Å². The van der Waals surface area contributed by atoms with Crippen LogP contribution in [0.3, 0.4) is 0 Å². The van der Waals surface area contributed by atoms with E-state index in [1.54, 1.807) is 0 Å². The summed E-state index contributed by atoms with van der Waals surface area (Å²) in [5.41, 5.74) is 5.85. The van der Waals surface area contributed by atoms with E-state index in [9.17, 15) is 0 Å². The molecule has 0 aromatic carbocycles. The van der Waals surface area contributed by atoms with Crippen molar-refractivity contribution in [3.63, 3.8) is 0 Å². The molecule has 8 atom stereocenters. The van der Waals surface area contributed by atoms with E-state index in [1.807, 2.05) is 0 Å². The Kier molecular flexibility index (Phi) is 15.0. The van der Waals surface area contributed by atoms with Gasteiger partial charge in [0.25, 0.3) is 0 Å². The quantitative estimate of drug-likeness (QED) is 0.188. The molecule has 2 nitrogen and oxygen atoms in total. The highest BCUT2D eigenvalue weighted by Crippen LogP contribution is 2.33. The van der Waals surface area contributed by atoms with E-state index >= 15 is 0 Å². The van der Waals surface area contributed by atoms with Gasteiger partial charge in [-0.3, -0.25) is 0 Å². The Bertz CT molecular complexity index is 935. The van der Waals surface area contributed by atoms with Crippen LogP contribution in [0.5, 0.6) is 0 Å². The fraction of sp³-hybridized carbons (Fsp3) is 0.684. The van der Waals surface area contributed by atoms with Crippen molar-refractivity contribution < 1.29 is 0 Å². The van der Waals surface area contributed by atoms with Gasteiger partial charge in [-0.2, -0.15) is 0 Å². The summed E-state index contributed by atoms with van der Waals surface area (Å²) in [6, 6.07) is 0.867. The van der Waals surface area contributed by atoms with Crippen molar-refractivity contribution >= 4 is 0 Å². The predicted octanol–water partition coefficient (Wildman–Crippen LogP) is 9.84. The zero-order chi connectivity index (χ0) is 29.8. The lowest BCUT2D eigenvalue weighted by Crippen LogP contribution is -2.34. The molecular weight excluding hydrogens is 484 g/mol. The van der Waals surface area contributed by atoms with E-state index in [0.717, 1.165) is 25.9 Å². The first-order valence-corrected chi connectivity index (χ1v) is 16.4. The Morgan fingerprint density at radius 1 is 0.800 bits per heavy atom. The van der Waals surface area contributed by atoms with Crippen LogP contribution in [-0.2, 0) is 0 Å². The third-order valence-corrected chi connectivity index (χ3v) is 8.63. The average Bonchev–Trinajstić information content (AvgIpc) is 2.86. The van der Waals surface area contributed by atoms with Crippen LogP contribution in [0.2, 0.25) is 0 Å². The molecule has 226 valence electrons. The molecule has 8 unspecified atom stereocenters. The fourth-order valence-corrected chi connectivity index (χ4v) is 6.13. The molecular formula is C38H64N2. The van der Waals surface area contributed by atoms with Gasteiger partial charge in [0.2, 0.25) is 0 Å². The molecule has 0 bridgehead atoms. The standard InChI is InChI=1S/C38H64N2/c1-26(2)18-37(39-24-28(5)6)22-33(11)35-17-14-31(9)36(23-35)20-30(8)25-40-38(19-27(3)4)21-32(10)34-15-12-29(7)13-16-34/h12,14-19,23,28-33,36-40H,13,20-22,24-25H2,1-11H3. The smallest absolute Gasteiger partial charge is 0.0258 e. The van der Waals surface area contributed by atoms with Gasteiger partial charge < -0.3 is 10.6 Å². The summed E-state index contributed by atoms with van der Waals surface area (Å²) in [6.45, 7) is 27.6. The number of hydrogen-bond acceptors (Lipinski definition) is 2. The normalized spacial score (nSPS) is 24.6. The van der Waals surface area contributed by atoms with E-state index < -0.39 is 0 Å². The molecule has 0 amide bonds. The minimum atomic E-state index is 0.427. The summed E-state index contributed by atoms with van der Waals surface area (Å²) >= 11 is 0. The van der Waals surface area contributed by atoms with Crippen molar-refractivity contribution in [2.45, 2.75) is 114 Å². The molecule has 0 spiro atoms. The summed E-state index contributed by atoms with van der Waals surface area (Å²) in [5.74, 6) is 4.33. The van der Waals surface area contributed by atoms with Crippen LogP contribution >= 0.6 is 0 Å². The fourth-order valence-electron chi connectivity index (χ4n) is 6.13. The lowest BCUT2D eigenvalue weighted by Gasteiger charge is -2.30. The first-order chi connectivity index (χ1) is 18.8. The van der Waals surface area contributed by atoms with Gasteiger partial charge in [-0.25, -0.2) is 0 Å². The number of hydrogen-bond donors (Lipinski definition) is 2. The molecule has 2 N–H and O–H groups in total. The van der Waals surface area contributed by atoms with Gasteiger partial charge in [-0.1, -0.05) is 108 Å². The SMILES string of the molecule is CC(C)=CC(CC(C)C1=CC(CC(C)CNC(C=C(C)C)CC(C)C2=CCC(C)C=C2)C(C)C=C1)NCC(C)C. The second kappa shape index (κ2) is 17.3. The molecule has 0 saturated heterocycles. The summed E-state index contributed by atoms with van der Waals surface area (Å²) in [5, 5.41) is 7.76. The van der Waals surface area contributed by atoms with Crippen LogP contribution in [0.1, 0.15) is 102 Å². The van der Waals surface area contributed by atoms with Crippen LogP contribution < -0.4 is 10.6 Å². The summed E-state index contributed by atoms with van der Waals surface area (Å²) in [7, 11) is 0. The highest BCUT2D eigenvalue weighted by atomic mass is 14.9. The average molecular weight is 549 g/mol. The zero-order valence-electron chi connectivity index (χ0n) is 28.1. The summed E-state index contributed by atoms with van der Waals surface area (Å²) in [6.07, 6.45) is 24.3. The molecule has 2 rings (SSSR count). The van der Waals surface area contributed by atoms with Crippen molar-refractivity contribution in [1.82, 2.24) is 10.6 Å². The van der Waals surface area contributed by atoms with E-state index in [2.05, 4.69) is 135 Å². The van der Waals surface area contributed by atoms with Gasteiger partial charge in [0.1, 0.15) is 0 Å². The van der Waals surface area contributed by atoms with E-state index in [4.69, 9.17) is 0 Å². The Morgan fingerprint density at radius 3 is 1.88 bits per heavy atom. The topological polar surface area (TPSA) is 24.1 Å². The Labute approximate surface area is 249 Å². The monoisotopic (exact) mass is 549 g/mol. The molecule has 40 heavy (non-hydrogen) atoms. The van der Waals surface area contributed by atoms with Crippen molar-refractivity contribution in [2.75, 3.05) is 13.1 Å². The van der Waals surface area contributed by atoms with Gasteiger partial charge in [-0.05, 0) is 119 Å². The molecule has 0 radical (unpaired) electrons. The highest BCUT2D eigenvalue weighted by molar-refractivity contribution is 5.28. The maximum absolute atomic E-state index is 3.95. The van der Waals surface area contributed by atoms with Crippen molar-refractivity contribution in [2.24, 2.45) is 41.4 Å². The Morgan fingerprint density at radius 2 is 1.35 bits per heavy atom. The summed E-state index contributed by atoms with van der Waals surface area (Å²) < 4.78 is 0. The maximum Gasteiger partial charge on any atom is 0.0258 e. The van der Waals surface area contributed by atoms with Crippen LogP contribution in [-0.4, -0.2) is 25.2 Å². The van der Waals surface area contributed by atoms with Gasteiger partial charge in [-0.15, -0.1) is 0 Å². The van der Waals surface area contributed by atoms with Crippen LogP contribution in [0.4, 0.5) is 0 Å². The molecule has 0 saturated carbocycles. The summed E-state index contributed by atoms with van der Waals surface area (Å²) in [4.78, 5) is 0. The number of rotatable bonds is 16. The molecule has 0 aliphatic heterocycles. The molecule has 0 aromatic heterocycles. The lowest BCUT2D eigenvalue weighted by atomic mass is 9.78.